The van der Waals surface area contributed by atoms with E-state index in [1.807, 2.05) is 11.0 Å². The average molecular weight is 371 g/mol. The van der Waals surface area contributed by atoms with Crippen LogP contribution in [0.1, 0.15) is 24.8 Å². The lowest BCUT2D eigenvalue weighted by molar-refractivity contribution is -0.130. The van der Waals surface area contributed by atoms with Gasteiger partial charge in [-0.25, -0.2) is 8.42 Å². The van der Waals surface area contributed by atoms with E-state index in [0.29, 0.717) is 13.0 Å². The van der Waals surface area contributed by atoms with Crippen LogP contribution in [-0.4, -0.2) is 55.6 Å². The highest BCUT2D eigenvalue weighted by molar-refractivity contribution is 8.13. The van der Waals surface area contributed by atoms with Gasteiger partial charge < -0.3 is 4.90 Å². The molecule has 0 aliphatic carbocycles. The molecule has 24 heavy (non-hydrogen) atoms. The molecule has 2 heterocycles. The van der Waals surface area contributed by atoms with Gasteiger partial charge in [-0.3, -0.25) is 9.69 Å². The van der Waals surface area contributed by atoms with E-state index in [2.05, 4.69) is 29.2 Å². The monoisotopic (exact) mass is 370 g/mol. The number of rotatable bonds is 5. The first-order valence-corrected chi connectivity index (χ1v) is 10.9. The summed E-state index contributed by atoms with van der Waals surface area (Å²) in [7, 11) is 1.78. The van der Waals surface area contributed by atoms with E-state index >= 15 is 0 Å². The number of piperidine rings is 1. The lowest BCUT2D eigenvalue weighted by atomic mass is 10.0. The first-order chi connectivity index (χ1) is 11.4. The summed E-state index contributed by atoms with van der Waals surface area (Å²) in [5.74, 6) is -0.201. The normalized spacial score (nSPS) is 23.8. The molecule has 1 aromatic carbocycles. The second-order valence-electron chi connectivity index (χ2n) is 6.81. The highest BCUT2D eigenvalue weighted by Crippen LogP contribution is 2.27. The third-order valence-electron chi connectivity index (χ3n) is 4.92. The van der Waals surface area contributed by atoms with E-state index in [1.165, 1.54) is 5.56 Å². The quantitative estimate of drug-likeness (QED) is 0.744. The molecule has 0 N–H and O–H groups in total. The van der Waals surface area contributed by atoms with Gasteiger partial charge in [0.1, 0.15) is 0 Å². The van der Waals surface area contributed by atoms with Crippen molar-refractivity contribution >= 4 is 25.6 Å². The number of carbonyl (C=O) groups excluding carboxylic acids is 1. The van der Waals surface area contributed by atoms with Crippen molar-refractivity contribution in [2.24, 2.45) is 5.92 Å². The molecule has 1 atom stereocenters. The number of amides is 1. The predicted molar refractivity (Wildman–Crippen MR) is 94.2 cm³/mol. The minimum absolute atomic E-state index is 0.0711. The molecule has 5 nitrogen and oxygen atoms in total. The number of likely N-dealkylation sites (tertiary alicyclic amines) is 2. The second-order valence-corrected chi connectivity index (χ2v) is 9.64. The fraction of sp³-hybridized carbons (Fsp3) is 0.588. The Kier molecular flexibility index (Phi) is 5.47. The Hall–Kier alpha value is -1.11. The summed E-state index contributed by atoms with van der Waals surface area (Å²) < 4.78 is 22.4. The molecule has 1 amide bonds. The highest BCUT2D eigenvalue weighted by atomic mass is 35.7. The summed E-state index contributed by atoms with van der Waals surface area (Å²) in [6, 6.07) is 10.6. The van der Waals surface area contributed by atoms with Gasteiger partial charge in [-0.1, -0.05) is 30.3 Å². The summed E-state index contributed by atoms with van der Waals surface area (Å²) in [4.78, 5) is 16.5. The summed E-state index contributed by atoms with van der Waals surface area (Å²) >= 11 is 0. The molecule has 2 aliphatic heterocycles. The van der Waals surface area contributed by atoms with E-state index in [9.17, 15) is 13.2 Å². The Labute approximate surface area is 148 Å². The maximum atomic E-state index is 12.2. The van der Waals surface area contributed by atoms with Crippen LogP contribution in [0.25, 0.3) is 0 Å². The second kappa shape index (κ2) is 7.42. The molecule has 0 bridgehead atoms. The van der Waals surface area contributed by atoms with Crippen LogP contribution in [0.4, 0.5) is 0 Å². The number of hydrogen-bond acceptors (Lipinski definition) is 4. The zero-order chi connectivity index (χ0) is 17.2. The Morgan fingerprint density at radius 2 is 1.79 bits per heavy atom. The molecule has 2 saturated heterocycles. The van der Waals surface area contributed by atoms with E-state index in [1.54, 1.807) is 0 Å². The summed E-state index contributed by atoms with van der Waals surface area (Å²) in [5, 5.41) is 0. The maximum Gasteiger partial charge on any atom is 0.232 e. The fourth-order valence-corrected chi connectivity index (χ4v) is 5.11. The zero-order valence-corrected chi connectivity index (χ0v) is 15.2. The van der Waals surface area contributed by atoms with Crippen molar-refractivity contribution in [1.82, 2.24) is 9.80 Å². The van der Waals surface area contributed by atoms with Crippen molar-refractivity contribution in [2.45, 2.75) is 31.8 Å². The smallest absolute Gasteiger partial charge is 0.232 e. The van der Waals surface area contributed by atoms with Crippen molar-refractivity contribution in [3.63, 3.8) is 0 Å². The van der Waals surface area contributed by atoms with Gasteiger partial charge in [-0.05, 0) is 18.4 Å². The third-order valence-corrected chi connectivity index (χ3v) is 6.17. The van der Waals surface area contributed by atoms with Crippen molar-refractivity contribution in [3.8, 4) is 0 Å². The van der Waals surface area contributed by atoms with Gasteiger partial charge in [0, 0.05) is 55.2 Å². The molecule has 1 unspecified atom stereocenters. The summed E-state index contributed by atoms with van der Waals surface area (Å²) in [6.07, 6.45) is 2.19. The minimum Gasteiger partial charge on any atom is -0.339 e. The first kappa shape index (κ1) is 17.7. The molecule has 0 radical (unpaired) electrons. The summed E-state index contributed by atoms with van der Waals surface area (Å²) in [5.41, 5.74) is 1.31. The average Bonchev–Trinajstić information content (AvgIpc) is 2.87. The van der Waals surface area contributed by atoms with Crippen LogP contribution in [0.15, 0.2) is 30.3 Å². The largest absolute Gasteiger partial charge is 0.339 e. The molecule has 7 heteroatoms. The van der Waals surface area contributed by atoms with Crippen LogP contribution < -0.4 is 0 Å². The van der Waals surface area contributed by atoms with Crippen LogP contribution in [0.5, 0.6) is 0 Å². The van der Waals surface area contributed by atoms with Gasteiger partial charge in [-0.15, -0.1) is 0 Å². The molecule has 0 saturated carbocycles. The standard InChI is InChI=1S/C17H23ClN2O3S/c18-24(22,23)13-15-10-17(21)20(12-15)16-6-8-19(9-7-16)11-14-4-2-1-3-5-14/h1-5,15-16H,6-13H2. The molecule has 2 aliphatic rings. The Balaban J connectivity index is 1.50. The Morgan fingerprint density at radius 1 is 1.12 bits per heavy atom. The molecule has 132 valence electrons. The lowest BCUT2D eigenvalue weighted by Gasteiger charge is -2.37. The van der Waals surface area contributed by atoms with Gasteiger partial charge in [0.05, 0.1) is 5.75 Å². The molecular formula is C17H23ClN2O3S. The van der Waals surface area contributed by atoms with Crippen molar-refractivity contribution < 1.29 is 13.2 Å². The zero-order valence-electron chi connectivity index (χ0n) is 13.6. The third kappa shape index (κ3) is 4.71. The van der Waals surface area contributed by atoms with Gasteiger partial charge in [0.15, 0.2) is 0 Å². The van der Waals surface area contributed by atoms with Crippen molar-refractivity contribution in [2.75, 3.05) is 25.4 Å². The number of halogens is 1. The molecule has 2 fully saturated rings. The lowest BCUT2D eigenvalue weighted by Crippen LogP contribution is -2.45. The van der Waals surface area contributed by atoms with Crippen LogP contribution in [-0.2, 0) is 20.4 Å². The van der Waals surface area contributed by atoms with Crippen molar-refractivity contribution in [1.29, 1.82) is 0 Å². The highest BCUT2D eigenvalue weighted by Gasteiger charge is 2.37. The van der Waals surface area contributed by atoms with Gasteiger partial charge >= 0.3 is 0 Å². The fourth-order valence-electron chi connectivity index (χ4n) is 3.79. The van der Waals surface area contributed by atoms with E-state index in [4.69, 9.17) is 10.7 Å². The van der Waals surface area contributed by atoms with Crippen LogP contribution in [0.3, 0.4) is 0 Å². The van der Waals surface area contributed by atoms with Gasteiger partial charge in [0.2, 0.25) is 15.0 Å². The first-order valence-electron chi connectivity index (χ1n) is 8.39. The van der Waals surface area contributed by atoms with Crippen LogP contribution in [0, 0.1) is 5.92 Å². The topological polar surface area (TPSA) is 57.7 Å². The molecular weight excluding hydrogens is 348 g/mol. The maximum absolute atomic E-state index is 12.2. The number of carbonyl (C=O) groups is 1. The van der Waals surface area contributed by atoms with E-state index in [-0.39, 0.29) is 23.6 Å². The number of benzene rings is 1. The van der Waals surface area contributed by atoms with E-state index in [0.717, 1.165) is 32.5 Å². The molecule has 3 rings (SSSR count). The Morgan fingerprint density at radius 3 is 2.42 bits per heavy atom. The SMILES string of the molecule is O=C1CC(CS(=O)(=O)Cl)CN1C1CCN(Cc2ccccc2)CC1. The number of nitrogens with zero attached hydrogens (tertiary/aromatic N) is 2. The van der Waals surface area contributed by atoms with E-state index < -0.39 is 9.05 Å². The number of hydrogen-bond donors (Lipinski definition) is 0. The van der Waals surface area contributed by atoms with Gasteiger partial charge in [0.25, 0.3) is 0 Å². The summed E-state index contributed by atoms with van der Waals surface area (Å²) in [6.45, 7) is 3.38. The molecule has 0 spiro atoms. The van der Waals surface area contributed by atoms with Crippen LogP contribution in [0.2, 0.25) is 0 Å². The van der Waals surface area contributed by atoms with Gasteiger partial charge in [-0.2, -0.15) is 0 Å². The van der Waals surface area contributed by atoms with Crippen LogP contribution >= 0.6 is 10.7 Å². The molecule has 0 aromatic heterocycles. The molecule has 1 aromatic rings. The minimum atomic E-state index is -3.54. The Bertz CT molecular complexity index is 672. The predicted octanol–water partition coefficient (Wildman–Crippen LogP) is 2.07. The van der Waals surface area contributed by atoms with Crippen molar-refractivity contribution in [3.05, 3.63) is 35.9 Å².